The van der Waals surface area contributed by atoms with Crippen molar-refractivity contribution in [2.75, 3.05) is 0 Å². The molecule has 0 atom stereocenters. The van der Waals surface area contributed by atoms with Crippen LogP contribution in [0.2, 0.25) is 0 Å². The third-order valence-electron chi connectivity index (χ3n) is 10.5. The van der Waals surface area contributed by atoms with Crippen molar-refractivity contribution in [3.05, 3.63) is 70.5 Å². The molecule has 0 aliphatic heterocycles. The van der Waals surface area contributed by atoms with Gasteiger partial charge in [0, 0.05) is 0 Å². The van der Waals surface area contributed by atoms with Crippen molar-refractivity contribution in [1.29, 1.82) is 0 Å². The van der Waals surface area contributed by atoms with Gasteiger partial charge in [0.2, 0.25) is 0 Å². The highest BCUT2D eigenvalue weighted by atomic mass is 19.1. The van der Waals surface area contributed by atoms with Gasteiger partial charge in [-0.25, -0.2) is 4.39 Å². The van der Waals surface area contributed by atoms with Crippen molar-refractivity contribution in [2.45, 2.75) is 134 Å². The third kappa shape index (κ3) is 6.08. The Balaban J connectivity index is 1.13. The zero-order chi connectivity index (χ0) is 24.9. The van der Waals surface area contributed by atoms with Crippen LogP contribution in [0.25, 0.3) is 0 Å². The topological polar surface area (TPSA) is 0 Å². The molecule has 0 amide bonds. The third-order valence-corrected chi connectivity index (χ3v) is 10.5. The van der Waals surface area contributed by atoms with E-state index in [1.807, 2.05) is 6.07 Å². The van der Waals surface area contributed by atoms with Gasteiger partial charge in [-0.05, 0) is 141 Å². The monoisotopic (exact) mass is 488 g/mol. The van der Waals surface area contributed by atoms with Crippen LogP contribution in [0.3, 0.4) is 0 Å². The van der Waals surface area contributed by atoms with Crippen LogP contribution in [0, 0.1) is 17.7 Å². The minimum Gasteiger partial charge on any atom is -0.207 e. The van der Waals surface area contributed by atoms with Crippen LogP contribution in [0.5, 0.6) is 0 Å². The summed E-state index contributed by atoms with van der Waals surface area (Å²) >= 11 is 0. The molecule has 36 heavy (non-hydrogen) atoms. The largest absolute Gasteiger partial charge is 0.207 e. The van der Waals surface area contributed by atoms with Gasteiger partial charge in [0.1, 0.15) is 5.82 Å². The average Bonchev–Trinajstić information content (AvgIpc) is 2.94. The van der Waals surface area contributed by atoms with E-state index in [9.17, 15) is 0 Å². The van der Waals surface area contributed by atoms with Gasteiger partial charge >= 0.3 is 0 Å². The van der Waals surface area contributed by atoms with Crippen molar-refractivity contribution >= 4 is 0 Å². The Morgan fingerprint density at radius 2 is 1.00 bits per heavy atom. The van der Waals surface area contributed by atoms with Gasteiger partial charge in [-0.2, -0.15) is 0 Å². The number of hydrogen-bond donors (Lipinski definition) is 0. The standard InChI is InChI=1S/C35H49F/c1-3-5-26-8-10-27(11-9-26)28-14-16-29(17-15-28)30-18-20-31(21-19-30)33-22-23-34(35(36)24-33)32-12-6-25(4-2)7-13-32/h14-17,22-27,30-32H,3-13,18-21H2,1-2H3. The van der Waals surface area contributed by atoms with E-state index in [2.05, 4.69) is 50.2 Å². The molecule has 0 aromatic heterocycles. The van der Waals surface area contributed by atoms with E-state index in [1.165, 1.54) is 107 Å². The molecule has 1 heteroatoms. The Kier molecular flexibility index (Phi) is 8.86. The van der Waals surface area contributed by atoms with E-state index in [0.717, 1.165) is 23.3 Å². The molecule has 3 saturated carbocycles. The first-order chi connectivity index (χ1) is 17.6. The smallest absolute Gasteiger partial charge is 0.126 e. The fourth-order valence-electron chi connectivity index (χ4n) is 8.00. The molecule has 0 spiro atoms. The van der Waals surface area contributed by atoms with Crippen molar-refractivity contribution in [3.8, 4) is 0 Å². The van der Waals surface area contributed by atoms with Crippen molar-refractivity contribution in [1.82, 2.24) is 0 Å². The summed E-state index contributed by atoms with van der Waals surface area (Å²) < 4.78 is 15.2. The maximum Gasteiger partial charge on any atom is 0.126 e. The second kappa shape index (κ2) is 12.3. The van der Waals surface area contributed by atoms with Crippen LogP contribution >= 0.6 is 0 Å². The number of halogens is 1. The van der Waals surface area contributed by atoms with Gasteiger partial charge < -0.3 is 0 Å². The summed E-state index contributed by atoms with van der Waals surface area (Å²) in [5, 5.41) is 0. The number of rotatable bonds is 7. The van der Waals surface area contributed by atoms with Crippen molar-refractivity contribution in [3.63, 3.8) is 0 Å². The molecule has 0 radical (unpaired) electrons. The molecule has 3 aliphatic rings. The normalized spacial score (nSPS) is 31.3. The summed E-state index contributed by atoms with van der Waals surface area (Å²) in [6, 6.07) is 16.0. The predicted octanol–water partition coefficient (Wildman–Crippen LogP) is 11.0. The SMILES string of the molecule is CCCC1CCC(c2ccc(C3CCC(c4ccc(C5CCC(CC)CC5)c(F)c4)CC3)cc2)CC1. The molecule has 0 saturated heterocycles. The Morgan fingerprint density at radius 1 is 0.556 bits per heavy atom. The lowest BCUT2D eigenvalue weighted by molar-refractivity contribution is 0.308. The highest BCUT2D eigenvalue weighted by molar-refractivity contribution is 5.32. The zero-order valence-electron chi connectivity index (χ0n) is 23.0. The lowest BCUT2D eigenvalue weighted by atomic mass is 9.74. The van der Waals surface area contributed by atoms with E-state index < -0.39 is 0 Å². The molecule has 0 heterocycles. The summed E-state index contributed by atoms with van der Waals surface area (Å²) in [6.45, 7) is 4.62. The van der Waals surface area contributed by atoms with E-state index in [4.69, 9.17) is 0 Å². The number of benzene rings is 2. The average molecular weight is 489 g/mol. The highest BCUT2D eigenvalue weighted by Crippen LogP contribution is 2.43. The number of hydrogen-bond acceptors (Lipinski definition) is 0. The van der Waals surface area contributed by atoms with Crippen LogP contribution in [0.15, 0.2) is 42.5 Å². The maximum atomic E-state index is 15.2. The van der Waals surface area contributed by atoms with Crippen molar-refractivity contribution < 1.29 is 4.39 Å². The Morgan fingerprint density at radius 3 is 1.50 bits per heavy atom. The predicted molar refractivity (Wildman–Crippen MR) is 151 cm³/mol. The van der Waals surface area contributed by atoms with E-state index in [0.29, 0.717) is 17.8 Å². The zero-order valence-corrected chi connectivity index (χ0v) is 23.0. The molecule has 3 aliphatic carbocycles. The molecular formula is C35H49F. The lowest BCUT2D eigenvalue weighted by Crippen LogP contribution is -2.15. The van der Waals surface area contributed by atoms with Crippen LogP contribution in [0.4, 0.5) is 4.39 Å². The Hall–Kier alpha value is -1.63. The minimum absolute atomic E-state index is 0.0638. The van der Waals surface area contributed by atoms with Crippen LogP contribution < -0.4 is 0 Å². The van der Waals surface area contributed by atoms with Gasteiger partial charge in [0.05, 0.1) is 0 Å². The molecular weight excluding hydrogens is 439 g/mol. The fraction of sp³-hybridized carbons (Fsp3) is 0.657. The first-order valence-electron chi connectivity index (χ1n) is 15.5. The van der Waals surface area contributed by atoms with Crippen molar-refractivity contribution in [2.24, 2.45) is 11.8 Å². The molecule has 5 rings (SSSR count). The minimum atomic E-state index is 0.0638. The summed E-state index contributed by atoms with van der Waals surface area (Å²) in [6.07, 6.45) is 19.4. The van der Waals surface area contributed by atoms with Gasteiger partial charge in [-0.3, -0.25) is 0 Å². The van der Waals surface area contributed by atoms with Crippen LogP contribution in [-0.4, -0.2) is 0 Å². The fourth-order valence-corrected chi connectivity index (χ4v) is 8.00. The van der Waals surface area contributed by atoms with E-state index in [-0.39, 0.29) is 5.82 Å². The maximum absolute atomic E-state index is 15.2. The Labute approximate surface area is 220 Å². The molecule has 0 bridgehead atoms. The van der Waals surface area contributed by atoms with Gasteiger partial charge in [-0.1, -0.05) is 69.5 Å². The summed E-state index contributed by atoms with van der Waals surface area (Å²) in [4.78, 5) is 0. The second-order valence-electron chi connectivity index (χ2n) is 12.6. The molecule has 0 nitrogen and oxygen atoms in total. The van der Waals surface area contributed by atoms with Crippen LogP contribution in [-0.2, 0) is 0 Å². The Bertz CT molecular complexity index is 935. The summed E-state index contributed by atoms with van der Waals surface area (Å²) in [7, 11) is 0. The quantitative estimate of drug-likeness (QED) is 0.363. The first-order valence-corrected chi connectivity index (χ1v) is 15.5. The second-order valence-corrected chi connectivity index (χ2v) is 12.6. The van der Waals surface area contributed by atoms with Crippen LogP contribution in [0.1, 0.15) is 156 Å². The summed E-state index contributed by atoms with van der Waals surface area (Å²) in [5.41, 5.74) is 5.33. The van der Waals surface area contributed by atoms with Gasteiger partial charge in [0.15, 0.2) is 0 Å². The molecule has 0 unspecified atom stereocenters. The molecule has 196 valence electrons. The summed E-state index contributed by atoms with van der Waals surface area (Å²) in [5.74, 6) is 4.32. The van der Waals surface area contributed by atoms with E-state index in [1.54, 1.807) is 5.56 Å². The molecule has 0 N–H and O–H groups in total. The molecule has 2 aromatic carbocycles. The van der Waals surface area contributed by atoms with Gasteiger partial charge in [-0.15, -0.1) is 0 Å². The van der Waals surface area contributed by atoms with E-state index >= 15 is 4.39 Å². The van der Waals surface area contributed by atoms with Gasteiger partial charge in [0.25, 0.3) is 0 Å². The molecule has 2 aromatic rings. The first kappa shape index (κ1) is 26.0. The highest BCUT2D eigenvalue weighted by Gasteiger charge is 2.27. The lowest BCUT2D eigenvalue weighted by Gasteiger charge is -2.31. The molecule has 3 fully saturated rings.